The lowest BCUT2D eigenvalue weighted by Gasteiger charge is -2.05. The smallest absolute Gasteiger partial charge is 0.195 e. The fraction of sp³-hybridized carbons (Fsp3) is 0.308. The van der Waals surface area contributed by atoms with E-state index in [9.17, 15) is 0 Å². The van der Waals surface area contributed by atoms with Crippen LogP contribution in [0.4, 0.5) is 5.69 Å². The van der Waals surface area contributed by atoms with Crippen LogP contribution in [0.5, 0.6) is 0 Å². The molecule has 0 aliphatic carbocycles. The Balaban J connectivity index is 1.79. The Morgan fingerprint density at radius 1 is 1.37 bits per heavy atom. The molecule has 0 saturated heterocycles. The van der Waals surface area contributed by atoms with E-state index >= 15 is 0 Å². The number of rotatable bonds is 4. The number of aryl methyl sites for hydroxylation is 2. The van der Waals surface area contributed by atoms with Crippen LogP contribution in [0, 0.1) is 0 Å². The molecule has 1 aromatic carbocycles. The minimum Gasteiger partial charge on any atom is -0.441 e. The second kappa shape index (κ2) is 4.72. The molecule has 0 bridgehead atoms. The van der Waals surface area contributed by atoms with Gasteiger partial charge in [-0.25, -0.2) is 4.98 Å². The number of anilines is 1. The molecule has 0 fully saturated rings. The largest absolute Gasteiger partial charge is 0.441 e. The topological polar surface area (TPSA) is 68.8 Å². The molecule has 0 unspecified atom stereocenters. The number of aromatic nitrogens is 4. The van der Waals surface area contributed by atoms with Crippen molar-refractivity contribution in [3.05, 3.63) is 36.0 Å². The zero-order chi connectivity index (χ0) is 13.2. The molecule has 6 nitrogen and oxygen atoms in total. The van der Waals surface area contributed by atoms with Gasteiger partial charge in [-0.05, 0) is 18.2 Å². The monoisotopic (exact) mass is 257 g/mol. The third-order valence-electron chi connectivity index (χ3n) is 3.02. The maximum Gasteiger partial charge on any atom is 0.195 e. The number of hydrogen-bond donors (Lipinski definition) is 1. The Bertz CT molecular complexity index is 700. The van der Waals surface area contributed by atoms with Gasteiger partial charge in [0.05, 0.1) is 18.4 Å². The molecule has 19 heavy (non-hydrogen) atoms. The predicted molar refractivity (Wildman–Crippen MR) is 71.7 cm³/mol. The third kappa shape index (κ3) is 2.29. The molecular weight excluding hydrogens is 242 g/mol. The van der Waals surface area contributed by atoms with E-state index in [4.69, 9.17) is 4.42 Å². The first kappa shape index (κ1) is 11.7. The van der Waals surface area contributed by atoms with Crippen molar-refractivity contribution in [2.24, 2.45) is 7.05 Å². The van der Waals surface area contributed by atoms with Crippen LogP contribution in [0.3, 0.4) is 0 Å². The maximum absolute atomic E-state index is 5.58. The Morgan fingerprint density at radius 3 is 3.00 bits per heavy atom. The highest BCUT2D eigenvalue weighted by Gasteiger charge is 2.05. The molecule has 6 heteroatoms. The van der Waals surface area contributed by atoms with Crippen LogP contribution < -0.4 is 5.32 Å². The van der Waals surface area contributed by atoms with E-state index < -0.39 is 0 Å². The summed E-state index contributed by atoms with van der Waals surface area (Å²) in [6, 6.07) is 5.91. The Labute approximate surface area is 110 Å². The van der Waals surface area contributed by atoms with Gasteiger partial charge >= 0.3 is 0 Å². The molecule has 0 atom stereocenters. The normalized spacial score (nSPS) is 11.1. The van der Waals surface area contributed by atoms with E-state index in [-0.39, 0.29) is 0 Å². The van der Waals surface area contributed by atoms with Crippen LogP contribution in [0.25, 0.3) is 11.1 Å². The number of nitrogens with one attached hydrogen (secondary N) is 1. The van der Waals surface area contributed by atoms with Gasteiger partial charge in [0.25, 0.3) is 0 Å². The Hall–Kier alpha value is -2.37. The molecule has 2 aromatic heterocycles. The lowest BCUT2D eigenvalue weighted by molar-refractivity contribution is 0.538. The number of hydrogen-bond acceptors (Lipinski definition) is 5. The van der Waals surface area contributed by atoms with Gasteiger partial charge in [0, 0.05) is 19.2 Å². The van der Waals surface area contributed by atoms with Crippen LogP contribution in [0.1, 0.15) is 18.5 Å². The van der Waals surface area contributed by atoms with Gasteiger partial charge in [0.1, 0.15) is 5.52 Å². The van der Waals surface area contributed by atoms with E-state index in [2.05, 4.69) is 20.6 Å². The van der Waals surface area contributed by atoms with Gasteiger partial charge in [-0.15, -0.1) is 5.10 Å². The molecule has 3 aromatic rings. The molecule has 0 aliphatic rings. The average Bonchev–Trinajstić information content (AvgIpc) is 3.01. The van der Waals surface area contributed by atoms with Crippen molar-refractivity contribution in [2.75, 3.05) is 5.32 Å². The van der Waals surface area contributed by atoms with Gasteiger partial charge in [-0.3, -0.25) is 4.68 Å². The highest BCUT2D eigenvalue weighted by molar-refractivity contribution is 5.77. The van der Waals surface area contributed by atoms with Gasteiger partial charge in [0.2, 0.25) is 0 Å². The van der Waals surface area contributed by atoms with E-state index in [1.807, 2.05) is 32.2 Å². The summed E-state index contributed by atoms with van der Waals surface area (Å²) in [6.45, 7) is 2.70. The second-order valence-corrected chi connectivity index (χ2v) is 4.35. The molecule has 0 saturated carbocycles. The molecule has 0 amide bonds. The number of oxazole rings is 1. The number of fused-ring (bicyclic) bond motifs is 1. The summed E-state index contributed by atoms with van der Waals surface area (Å²) < 4.78 is 7.33. The third-order valence-corrected chi connectivity index (χ3v) is 3.02. The minimum absolute atomic E-state index is 0.674. The van der Waals surface area contributed by atoms with Crippen molar-refractivity contribution >= 4 is 16.8 Å². The molecule has 3 rings (SSSR count). The summed E-state index contributed by atoms with van der Waals surface area (Å²) in [5.41, 5.74) is 3.73. The highest BCUT2D eigenvalue weighted by Crippen LogP contribution is 2.20. The summed E-state index contributed by atoms with van der Waals surface area (Å²) in [7, 11) is 1.87. The standard InChI is InChI=1S/C13H15N5O/c1-3-13-16-11-6-9(4-5-12(11)19-13)14-7-10-8-15-17-18(10)2/h4-6,8,14H,3,7H2,1-2H3. The first-order valence-electron chi connectivity index (χ1n) is 6.23. The Morgan fingerprint density at radius 2 is 2.26 bits per heavy atom. The maximum atomic E-state index is 5.58. The van der Waals surface area contributed by atoms with E-state index in [0.717, 1.165) is 34.8 Å². The van der Waals surface area contributed by atoms with E-state index in [1.54, 1.807) is 10.9 Å². The summed E-state index contributed by atoms with van der Waals surface area (Å²) in [4.78, 5) is 4.42. The van der Waals surface area contributed by atoms with E-state index in [0.29, 0.717) is 6.54 Å². The van der Waals surface area contributed by atoms with Crippen LogP contribution in [-0.2, 0) is 20.0 Å². The van der Waals surface area contributed by atoms with Crippen molar-refractivity contribution in [3.63, 3.8) is 0 Å². The van der Waals surface area contributed by atoms with Crippen molar-refractivity contribution in [1.29, 1.82) is 0 Å². The number of benzene rings is 1. The predicted octanol–water partition coefficient (Wildman–Crippen LogP) is 2.13. The lowest BCUT2D eigenvalue weighted by Crippen LogP contribution is -2.05. The quantitative estimate of drug-likeness (QED) is 0.775. The molecular formula is C13H15N5O. The van der Waals surface area contributed by atoms with Gasteiger partial charge in [0.15, 0.2) is 11.5 Å². The number of nitrogens with zero attached hydrogens (tertiary/aromatic N) is 4. The average molecular weight is 257 g/mol. The molecule has 0 aliphatic heterocycles. The first-order valence-corrected chi connectivity index (χ1v) is 6.23. The lowest BCUT2D eigenvalue weighted by atomic mass is 10.3. The van der Waals surface area contributed by atoms with Crippen LogP contribution in [-0.4, -0.2) is 20.0 Å². The van der Waals surface area contributed by atoms with Gasteiger partial charge in [-0.1, -0.05) is 12.1 Å². The molecule has 0 spiro atoms. The van der Waals surface area contributed by atoms with Crippen molar-refractivity contribution in [3.8, 4) is 0 Å². The van der Waals surface area contributed by atoms with Crippen LogP contribution in [0.15, 0.2) is 28.8 Å². The van der Waals surface area contributed by atoms with Crippen molar-refractivity contribution in [2.45, 2.75) is 19.9 Å². The zero-order valence-electron chi connectivity index (χ0n) is 10.9. The second-order valence-electron chi connectivity index (χ2n) is 4.35. The molecule has 0 radical (unpaired) electrons. The molecule has 98 valence electrons. The molecule has 2 heterocycles. The summed E-state index contributed by atoms with van der Waals surface area (Å²) in [5, 5.41) is 11.1. The van der Waals surface area contributed by atoms with Crippen LogP contribution in [0.2, 0.25) is 0 Å². The molecule has 1 N–H and O–H groups in total. The fourth-order valence-electron chi connectivity index (χ4n) is 1.90. The van der Waals surface area contributed by atoms with Crippen LogP contribution >= 0.6 is 0 Å². The summed E-state index contributed by atoms with van der Waals surface area (Å²) in [5.74, 6) is 0.767. The summed E-state index contributed by atoms with van der Waals surface area (Å²) in [6.07, 6.45) is 2.55. The van der Waals surface area contributed by atoms with Crippen molar-refractivity contribution in [1.82, 2.24) is 20.0 Å². The van der Waals surface area contributed by atoms with Gasteiger partial charge < -0.3 is 9.73 Å². The highest BCUT2D eigenvalue weighted by atomic mass is 16.3. The fourth-order valence-corrected chi connectivity index (χ4v) is 1.90. The van der Waals surface area contributed by atoms with Gasteiger partial charge in [-0.2, -0.15) is 0 Å². The zero-order valence-corrected chi connectivity index (χ0v) is 10.9. The Kier molecular flexibility index (Phi) is 2.91. The minimum atomic E-state index is 0.674. The SMILES string of the molecule is CCc1nc2cc(NCc3cnnn3C)ccc2o1. The summed E-state index contributed by atoms with van der Waals surface area (Å²) >= 11 is 0. The first-order chi connectivity index (χ1) is 9.26. The van der Waals surface area contributed by atoms with E-state index in [1.165, 1.54) is 0 Å². The van der Waals surface area contributed by atoms with Crippen molar-refractivity contribution < 1.29 is 4.42 Å².